The second kappa shape index (κ2) is 4.88. The molecule has 2 heteroatoms. The molecule has 0 aliphatic heterocycles. The molecule has 0 N–H and O–H groups in total. The SMILES string of the molecule is ICc1ccc2c(c1)Cc1cc(CI)ccc1-2. The predicted molar refractivity (Wildman–Crippen MR) is 90.1 cm³/mol. The number of fused-ring (bicyclic) bond motifs is 3. The van der Waals surface area contributed by atoms with Crippen LogP contribution in [0.2, 0.25) is 0 Å². The summed E-state index contributed by atoms with van der Waals surface area (Å²) >= 11 is 4.86. The topological polar surface area (TPSA) is 0 Å². The number of rotatable bonds is 2. The maximum absolute atomic E-state index is 2.43. The number of hydrogen-bond acceptors (Lipinski definition) is 0. The minimum Gasteiger partial charge on any atom is -0.0812 e. The van der Waals surface area contributed by atoms with Gasteiger partial charge >= 0.3 is 0 Å². The molecule has 0 spiro atoms. The molecule has 0 amide bonds. The van der Waals surface area contributed by atoms with Crippen LogP contribution < -0.4 is 0 Å². The van der Waals surface area contributed by atoms with E-state index >= 15 is 0 Å². The van der Waals surface area contributed by atoms with E-state index in [4.69, 9.17) is 0 Å². The van der Waals surface area contributed by atoms with Crippen molar-refractivity contribution >= 4 is 45.2 Å². The third kappa shape index (κ3) is 2.14. The van der Waals surface area contributed by atoms with E-state index in [0.29, 0.717) is 0 Å². The maximum Gasteiger partial charge on any atom is 0.0247 e. The van der Waals surface area contributed by atoms with Gasteiger partial charge in [0.2, 0.25) is 0 Å². The van der Waals surface area contributed by atoms with Gasteiger partial charge in [-0.25, -0.2) is 0 Å². The molecule has 0 saturated heterocycles. The van der Waals surface area contributed by atoms with Crippen molar-refractivity contribution in [3.05, 3.63) is 58.7 Å². The van der Waals surface area contributed by atoms with Crippen molar-refractivity contribution in [3.63, 3.8) is 0 Å². The number of alkyl halides is 2. The lowest BCUT2D eigenvalue weighted by Gasteiger charge is -2.03. The van der Waals surface area contributed by atoms with Crippen molar-refractivity contribution in [2.75, 3.05) is 0 Å². The molecule has 3 rings (SSSR count). The predicted octanol–water partition coefficient (Wildman–Crippen LogP) is 5.13. The van der Waals surface area contributed by atoms with E-state index in [-0.39, 0.29) is 0 Å². The average molecular weight is 446 g/mol. The second-order valence-corrected chi connectivity index (χ2v) is 5.95. The normalized spacial score (nSPS) is 12.4. The molecule has 0 unspecified atom stereocenters. The van der Waals surface area contributed by atoms with Gasteiger partial charge in [-0.15, -0.1) is 0 Å². The molecule has 86 valence electrons. The fraction of sp³-hybridized carbons (Fsp3) is 0.200. The highest BCUT2D eigenvalue weighted by Gasteiger charge is 2.18. The summed E-state index contributed by atoms with van der Waals surface area (Å²) < 4.78 is 2.20. The summed E-state index contributed by atoms with van der Waals surface area (Å²) in [6.07, 6.45) is 1.11. The number of hydrogen-bond donors (Lipinski definition) is 0. The van der Waals surface area contributed by atoms with E-state index < -0.39 is 0 Å². The molecule has 0 aromatic heterocycles. The molecule has 0 atom stereocenters. The van der Waals surface area contributed by atoms with Gasteiger partial charge in [-0.3, -0.25) is 0 Å². The Kier molecular flexibility index (Phi) is 3.43. The van der Waals surface area contributed by atoms with Gasteiger partial charge in [-0.1, -0.05) is 81.6 Å². The molecule has 2 aromatic carbocycles. The Balaban J connectivity index is 2.10. The third-order valence-corrected chi connectivity index (χ3v) is 5.08. The van der Waals surface area contributed by atoms with Crippen LogP contribution in [0.25, 0.3) is 11.1 Å². The molecule has 1 aliphatic carbocycles. The third-order valence-electron chi connectivity index (χ3n) is 3.32. The van der Waals surface area contributed by atoms with Crippen LogP contribution in [0.1, 0.15) is 22.3 Å². The van der Waals surface area contributed by atoms with Gasteiger partial charge in [0.25, 0.3) is 0 Å². The van der Waals surface area contributed by atoms with Crippen LogP contribution in [0.5, 0.6) is 0 Å². The zero-order chi connectivity index (χ0) is 11.8. The summed E-state index contributed by atoms with van der Waals surface area (Å²) in [4.78, 5) is 0. The van der Waals surface area contributed by atoms with Gasteiger partial charge < -0.3 is 0 Å². The van der Waals surface area contributed by atoms with Gasteiger partial charge in [-0.05, 0) is 39.8 Å². The van der Waals surface area contributed by atoms with Gasteiger partial charge in [0, 0.05) is 8.86 Å². The monoisotopic (exact) mass is 446 g/mol. The van der Waals surface area contributed by atoms with Crippen molar-refractivity contribution in [1.29, 1.82) is 0 Å². The molecule has 0 fully saturated rings. The summed E-state index contributed by atoms with van der Waals surface area (Å²) in [5.74, 6) is 0. The lowest BCUT2D eigenvalue weighted by Crippen LogP contribution is -1.84. The van der Waals surface area contributed by atoms with Gasteiger partial charge in [0.1, 0.15) is 0 Å². The largest absolute Gasteiger partial charge is 0.0812 e. The molecular formula is C15H12I2. The fourth-order valence-corrected chi connectivity index (χ4v) is 3.43. The van der Waals surface area contributed by atoms with Crippen LogP contribution in [0.15, 0.2) is 36.4 Å². The zero-order valence-electron chi connectivity index (χ0n) is 9.34. The first-order valence-electron chi connectivity index (χ1n) is 5.67. The first-order chi connectivity index (χ1) is 8.31. The molecule has 1 aliphatic rings. The Bertz CT molecular complexity index is 522. The lowest BCUT2D eigenvalue weighted by atomic mass is 10.0. The maximum atomic E-state index is 2.43. The molecule has 17 heavy (non-hydrogen) atoms. The Labute approximate surface area is 129 Å². The van der Waals surface area contributed by atoms with E-state index in [0.717, 1.165) is 15.3 Å². The molecule has 0 bridgehead atoms. The summed E-state index contributed by atoms with van der Waals surface area (Å²) in [6, 6.07) is 13.8. The summed E-state index contributed by atoms with van der Waals surface area (Å²) in [7, 11) is 0. The molecule has 0 nitrogen and oxygen atoms in total. The first kappa shape index (κ1) is 12.0. The second-order valence-electron chi connectivity index (χ2n) is 4.43. The number of benzene rings is 2. The minimum absolute atomic E-state index is 1.10. The highest BCUT2D eigenvalue weighted by Crippen LogP contribution is 2.37. The Morgan fingerprint density at radius 2 is 1.24 bits per heavy atom. The van der Waals surface area contributed by atoms with E-state index in [9.17, 15) is 0 Å². The van der Waals surface area contributed by atoms with E-state index in [2.05, 4.69) is 81.6 Å². The van der Waals surface area contributed by atoms with Crippen LogP contribution >= 0.6 is 45.2 Å². The van der Waals surface area contributed by atoms with Gasteiger partial charge in [-0.2, -0.15) is 0 Å². The van der Waals surface area contributed by atoms with Crippen molar-refractivity contribution in [1.82, 2.24) is 0 Å². The zero-order valence-corrected chi connectivity index (χ0v) is 13.7. The van der Waals surface area contributed by atoms with Crippen molar-refractivity contribution < 1.29 is 0 Å². The van der Waals surface area contributed by atoms with Crippen LogP contribution in [-0.4, -0.2) is 0 Å². The van der Waals surface area contributed by atoms with Gasteiger partial charge in [0.15, 0.2) is 0 Å². The number of halogens is 2. The van der Waals surface area contributed by atoms with Crippen LogP contribution in [0.3, 0.4) is 0 Å². The van der Waals surface area contributed by atoms with Crippen LogP contribution in [0, 0.1) is 0 Å². The van der Waals surface area contributed by atoms with E-state index in [1.54, 1.807) is 0 Å². The molecule has 0 saturated carbocycles. The molecule has 0 heterocycles. The summed E-state index contributed by atoms with van der Waals surface area (Å²) in [6.45, 7) is 0. The van der Waals surface area contributed by atoms with Crippen molar-refractivity contribution in [3.8, 4) is 11.1 Å². The summed E-state index contributed by atoms with van der Waals surface area (Å²) in [5, 5.41) is 0. The summed E-state index contributed by atoms with van der Waals surface area (Å²) in [5.41, 5.74) is 8.75. The Hall–Kier alpha value is -0.100. The first-order valence-corrected chi connectivity index (χ1v) is 8.73. The fourth-order valence-electron chi connectivity index (χ4n) is 2.48. The van der Waals surface area contributed by atoms with Crippen LogP contribution in [0.4, 0.5) is 0 Å². The standard InChI is InChI=1S/C15H12I2/c16-8-10-1-3-14-12(5-10)7-13-6-11(9-17)2-4-15(13)14/h1-6H,7-9H2. The highest BCUT2D eigenvalue weighted by molar-refractivity contribution is 14.1. The minimum atomic E-state index is 1.10. The molecule has 2 aromatic rings. The highest BCUT2D eigenvalue weighted by atomic mass is 127. The average Bonchev–Trinajstić information content (AvgIpc) is 2.74. The van der Waals surface area contributed by atoms with E-state index in [1.165, 1.54) is 33.4 Å². The van der Waals surface area contributed by atoms with E-state index in [1.807, 2.05) is 0 Å². The molecule has 0 radical (unpaired) electrons. The Morgan fingerprint density at radius 3 is 1.65 bits per heavy atom. The Morgan fingerprint density at radius 1 is 0.765 bits per heavy atom. The lowest BCUT2D eigenvalue weighted by molar-refractivity contribution is 1.23. The quantitative estimate of drug-likeness (QED) is 0.379. The van der Waals surface area contributed by atoms with Crippen LogP contribution in [-0.2, 0) is 15.3 Å². The van der Waals surface area contributed by atoms with Gasteiger partial charge in [0.05, 0.1) is 0 Å². The van der Waals surface area contributed by atoms with Crippen molar-refractivity contribution in [2.45, 2.75) is 15.3 Å². The van der Waals surface area contributed by atoms with Crippen molar-refractivity contribution in [2.24, 2.45) is 0 Å². The molecular weight excluding hydrogens is 434 g/mol. The smallest absolute Gasteiger partial charge is 0.0247 e.